The molecule has 7 rings (SSSR count). The Hall–Kier alpha value is -4.64. The van der Waals surface area contributed by atoms with Crippen molar-refractivity contribution in [2.75, 3.05) is 22.9 Å². The van der Waals surface area contributed by atoms with Gasteiger partial charge in [0.2, 0.25) is 0 Å². The fraction of sp³-hybridized carbons (Fsp3) is 0.103. The van der Waals surface area contributed by atoms with E-state index in [9.17, 15) is 0 Å². The summed E-state index contributed by atoms with van der Waals surface area (Å²) in [6, 6.07) is 48.2. The second kappa shape index (κ2) is 16.4. The van der Waals surface area contributed by atoms with Crippen LogP contribution in [0.15, 0.2) is 146 Å². The minimum absolute atomic E-state index is 0. The molecule has 229 valence electrons. The van der Waals surface area contributed by atoms with Crippen LogP contribution >= 0.6 is 0 Å². The van der Waals surface area contributed by atoms with E-state index in [1.54, 1.807) is 6.20 Å². The molecule has 2 aliphatic heterocycles. The minimum atomic E-state index is 0. The molecule has 0 saturated heterocycles. The largest absolute Gasteiger partial charge is 0.508 e. The second-order valence-electron chi connectivity index (χ2n) is 10.4. The second-order valence-corrected chi connectivity index (χ2v) is 10.4. The van der Waals surface area contributed by atoms with Crippen LogP contribution in [-0.4, -0.2) is 27.9 Å². The first kappa shape index (κ1) is 31.8. The van der Waals surface area contributed by atoms with Gasteiger partial charge in [-0.2, -0.15) is 74.0 Å². The average Bonchev–Trinajstić information content (AvgIpc) is 3.79. The van der Waals surface area contributed by atoms with Gasteiger partial charge >= 0.3 is 0 Å². The Morgan fingerprint density at radius 1 is 0.556 bits per heavy atom. The van der Waals surface area contributed by atoms with Crippen molar-refractivity contribution >= 4 is 11.4 Å². The summed E-state index contributed by atoms with van der Waals surface area (Å²) in [6.45, 7) is 6.29. The van der Waals surface area contributed by atoms with E-state index in [0.717, 1.165) is 48.6 Å². The van der Waals surface area contributed by atoms with Crippen molar-refractivity contribution in [2.24, 2.45) is 0 Å². The molecule has 45 heavy (non-hydrogen) atoms. The van der Waals surface area contributed by atoms with Crippen LogP contribution in [0.4, 0.5) is 11.4 Å². The molecule has 5 nitrogen and oxygen atoms in total. The van der Waals surface area contributed by atoms with E-state index < -0.39 is 0 Å². The molecule has 0 saturated carbocycles. The molecule has 1 radical (unpaired) electrons. The maximum Gasteiger partial charge on any atom is 0.0160 e. The summed E-state index contributed by atoms with van der Waals surface area (Å²) < 4.78 is 0. The van der Waals surface area contributed by atoms with Crippen LogP contribution in [0.1, 0.15) is 12.8 Å². The van der Waals surface area contributed by atoms with Gasteiger partial charge in [-0.05, 0) is 68.1 Å². The fourth-order valence-corrected chi connectivity index (χ4v) is 4.96. The molecule has 4 aromatic carbocycles. The fourth-order valence-electron chi connectivity index (χ4n) is 4.96. The van der Waals surface area contributed by atoms with Gasteiger partial charge in [0, 0.05) is 26.3 Å². The van der Waals surface area contributed by atoms with E-state index in [1.165, 1.54) is 11.1 Å². The molecule has 0 bridgehead atoms. The molecule has 0 amide bonds. The number of benzene rings is 4. The predicted octanol–water partition coefficient (Wildman–Crippen LogP) is 8.41. The third-order valence-electron chi connectivity index (χ3n) is 7.26. The van der Waals surface area contributed by atoms with Crippen LogP contribution in [0.2, 0.25) is 0 Å². The van der Waals surface area contributed by atoms with Gasteiger partial charge in [0.15, 0.2) is 0 Å². The van der Waals surface area contributed by atoms with Crippen LogP contribution < -0.4 is 9.80 Å². The number of unbranched alkanes of at least 4 members (excludes halogenated alkanes) is 1. The number of rotatable bonds is 9. The summed E-state index contributed by atoms with van der Waals surface area (Å²) in [6.07, 6.45) is 12.5. The molecule has 3 heterocycles. The Balaban J connectivity index is 0.000000185. The first-order valence-electron chi connectivity index (χ1n) is 14.9. The van der Waals surface area contributed by atoms with Crippen molar-refractivity contribution in [3.8, 4) is 22.4 Å². The number of anilines is 2. The van der Waals surface area contributed by atoms with Crippen molar-refractivity contribution in [3.63, 3.8) is 0 Å². The van der Waals surface area contributed by atoms with Crippen molar-refractivity contribution < 1.29 is 20.1 Å². The number of aromatic nitrogens is 1. The van der Waals surface area contributed by atoms with Gasteiger partial charge in [-0.15, -0.1) is 46.8 Å². The minimum Gasteiger partial charge on any atom is -0.508 e. The summed E-state index contributed by atoms with van der Waals surface area (Å²) in [4.78, 5) is 13.0. The SMILES string of the molecule is [Ir].[c-]1ccc(-c2ccccc2)cc1-c1ccccn1.[c-]1ccccc1N1C=CN(CCCCN2C=CN(c3[c-]cccc3)[CH-]2)[CH-]1. The first-order chi connectivity index (χ1) is 21.8. The molecule has 5 aromatic rings. The Labute approximate surface area is 281 Å². The van der Waals surface area contributed by atoms with Crippen molar-refractivity contribution in [2.45, 2.75) is 12.8 Å². The zero-order chi connectivity index (χ0) is 29.8. The van der Waals surface area contributed by atoms with Gasteiger partial charge in [0.25, 0.3) is 0 Å². The van der Waals surface area contributed by atoms with E-state index in [-0.39, 0.29) is 20.1 Å². The third-order valence-corrected chi connectivity index (χ3v) is 7.26. The summed E-state index contributed by atoms with van der Waals surface area (Å²) in [7, 11) is 0. The molecule has 0 atom stereocenters. The number of para-hydroxylation sites is 2. The molecule has 1 aromatic heterocycles. The molecule has 0 spiro atoms. The van der Waals surface area contributed by atoms with Crippen LogP contribution in [0, 0.1) is 31.5 Å². The van der Waals surface area contributed by atoms with E-state index >= 15 is 0 Å². The summed E-state index contributed by atoms with van der Waals surface area (Å²) in [5.41, 5.74) is 6.52. The van der Waals surface area contributed by atoms with Crippen molar-refractivity contribution in [1.82, 2.24) is 14.8 Å². The van der Waals surface area contributed by atoms with E-state index in [1.807, 2.05) is 78.9 Å². The molecule has 0 unspecified atom stereocenters. The Morgan fingerprint density at radius 2 is 1.16 bits per heavy atom. The third kappa shape index (κ3) is 8.95. The zero-order valence-electron chi connectivity index (χ0n) is 24.9. The molecule has 0 aliphatic carbocycles. The number of hydrogen-bond acceptors (Lipinski definition) is 5. The van der Waals surface area contributed by atoms with E-state index in [4.69, 9.17) is 0 Å². The Morgan fingerprint density at radius 3 is 1.71 bits per heavy atom. The van der Waals surface area contributed by atoms with Crippen LogP contribution in [0.3, 0.4) is 0 Å². The quantitative estimate of drug-likeness (QED) is 0.111. The monoisotopic (exact) mass is 765 g/mol. The van der Waals surface area contributed by atoms with Crippen LogP contribution in [0.25, 0.3) is 22.4 Å². The van der Waals surface area contributed by atoms with Gasteiger partial charge in [-0.3, -0.25) is 0 Å². The number of nitrogens with zero attached hydrogens (tertiary/aromatic N) is 5. The van der Waals surface area contributed by atoms with Gasteiger partial charge in [0.1, 0.15) is 0 Å². The maximum absolute atomic E-state index is 4.35. The first-order valence-corrected chi connectivity index (χ1v) is 14.9. The molecular formula is C39H34IrN5-5. The molecule has 2 aliphatic rings. The Kier molecular flexibility index (Phi) is 11.6. The summed E-state index contributed by atoms with van der Waals surface area (Å²) >= 11 is 0. The van der Waals surface area contributed by atoms with Gasteiger partial charge in [-0.1, -0.05) is 42.5 Å². The summed E-state index contributed by atoms with van der Waals surface area (Å²) in [5.74, 6) is 0. The number of hydrogen-bond donors (Lipinski definition) is 0. The van der Waals surface area contributed by atoms with Crippen molar-refractivity contribution in [1.29, 1.82) is 0 Å². The Bertz CT molecular complexity index is 1510. The molecular weight excluding hydrogens is 731 g/mol. The van der Waals surface area contributed by atoms with Gasteiger partial charge in [0.05, 0.1) is 0 Å². The number of pyridine rings is 1. The van der Waals surface area contributed by atoms with E-state index in [2.05, 4.69) is 117 Å². The van der Waals surface area contributed by atoms with Crippen molar-refractivity contribution in [3.05, 3.63) is 178 Å². The summed E-state index contributed by atoms with van der Waals surface area (Å²) in [5, 5.41) is 0. The van der Waals surface area contributed by atoms with E-state index in [0.29, 0.717) is 0 Å². The standard InChI is InChI=1S/C22H22N4.C17H12N.Ir/c1-3-9-21(10-4-1)25-17-15-23(19-25)13-7-8-14-24-16-18-26(20-24)22-11-5-2-6-12-22;1-2-7-14(8-3-1)15-9-6-10-16(13-15)17-11-4-5-12-18-17;/h1-6,9,11,15-20H,7-8,13-14H2;1-9,11-13H;/q-4;-1;. The average molecular weight is 765 g/mol. The zero-order valence-corrected chi connectivity index (χ0v) is 27.3. The van der Waals surface area contributed by atoms with Gasteiger partial charge < -0.3 is 24.6 Å². The smallest absolute Gasteiger partial charge is 0.0160 e. The van der Waals surface area contributed by atoms with Crippen LogP contribution in [0.5, 0.6) is 0 Å². The molecule has 0 fully saturated rings. The molecule has 6 heteroatoms. The van der Waals surface area contributed by atoms with Crippen LogP contribution in [-0.2, 0) is 20.1 Å². The van der Waals surface area contributed by atoms with Gasteiger partial charge in [-0.25, -0.2) is 0 Å². The topological polar surface area (TPSA) is 25.9 Å². The predicted molar refractivity (Wildman–Crippen MR) is 179 cm³/mol. The normalized spacial score (nSPS) is 13.4. The molecule has 0 N–H and O–H groups in total. The maximum atomic E-state index is 4.35.